The standard InChI is InChI=1S/C14H12BrN3/c15-12-6-5-11(13(16)7-12)9-18-14-4-2-1-3-10(14)8-17-18/h1-8H,9,16H2. The molecule has 0 fully saturated rings. The van der Waals surface area contributed by atoms with Gasteiger partial charge in [-0.05, 0) is 23.8 Å². The number of nitrogen functional groups attached to an aromatic ring is 1. The number of fused-ring (bicyclic) bond motifs is 1. The van der Waals surface area contributed by atoms with Crippen molar-refractivity contribution in [3.8, 4) is 0 Å². The van der Waals surface area contributed by atoms with Crippen molar-refractivity contribution in [3.63, 3.8) is 0 Å². The maximum atomic E-state index is 6.01. The number of nitrogens with two attached hydrogens (primary N) is 1. The fraction of sp³-hybridized carbons (Fsp3) is 0.0714. The molecule has 0 aliphatic rings. The summed E-state index contributed by atoms with van der Waals surface area (Å²) in [6, 6.07) is 14.1. The monoisotopic (exact) mass is 301 g/mol. The van der Waals surface area contributed by atoms with Crippen LogP contribution in [0, 0.1) is 0 Å². The summed E-state index contributed by atoms with van der Waals surface area (Å²) >= 11 is 3.41. The van der Waals surface area contributed by atoms with Crippen LogP contribution in [0.2, 0.25) is 0 Å². The number of anilines is 1. The number of aromatic nitrogens is 2. The second kappa shape index (κ2) is 4.46. The fourth-order valence-corrected chi connectivity index (χ4v) is 2.40. The van der Waals surface area contributed by atoms with Gasteiger partial charge in [-0.3, -0.25) is 4.68 Å². The minimum atomic E-state index is 0.687. The summed E-state index contributed by atoms with van der Waals surface area (Å²) in [4.78, 5) is 0. The smallest absolute Gasteiger partial charge is 0.0686 e. The molecule has 3 nitrogen and oxygen atoms in total. The molecule has 2 aromatic carbocycles. The van der Waals surface area contributed by atoms with Gasteiger partial charge < -0.3 is 5.73 Å². The third-order valence-corrected chi connectivity index (χ3v) is 3.47. The van der Waals surface area contributed by atoms with Gasteiger partial charge in [0.25, 0.3) is 0 Å². The lowest BCUT2D eigenvalue weighted by atomic mass is 10.2. The summed E-state index contributed by atoms with van der Waals surface area (Å²) in [5.74, 6) is 0. The van der Waals surface area contributed by atoms with Crippen LogP contribution in [0.3, 0.4) is 0 Å². The SMILES string of the molecule is Nc1cc(Br)ccc1Cn1ncc2ccccc21. The van der Waals surface area contributed by atoms with E-state index in [1.807, 2.05) is 41.2 Å². The zero-order valence-corrected chi connectivity index (χ0v) is 11.3. The molecule has 0 unspecified atom stereocenters. The second-order valence-electron chi connectivity index (χ2n) is 4.20. The Labute approximate surface area is 113 Å². The van der Waals surface area contributed by atoms with Gasteiger partial charge in [-0.15, -0.1) is 0 Å². The first-order valence-electron chi connectivity index (χ1n) is 5.68. The molecule has 4 heteroatoms. The first-order chi connectivity index (χ1) is 8.74. The lowest BCUT2D eigenvalue weighted by Gasteiger charge is -2.07. The number of para-hydroxylation sites is 1. The number of rotatable bonds is 2. The average Bonchev–Trinajstić information content (AvgIpc) is 2.76. The van der Waals surface area contributed by atoms with Crippen molar-refractivity contribution in [1.29, 1.82) is 0 Å². The molecule has 3 rings (SSSR count). The van der Waals surface area contributed by atoms with Crippen LogP contribution in [-0.2, 0) is 6.54 Å². The molecule has 18 heavy (non-hydrogen) atoms. The molecular formula is C14H12BrN3. The number of halogens is 1. The Morgan fingerprint density at radius 2 is 2.00 bits per heavy atom. The highest BCUT2D eigenvalue weighted by Gasteiger charge is 2.05. The molecule has 0 atom stereocenters. The van der Waals surface area contributed by atoms with E-state index in [1.165, 1.54) is 0 Å². The Morgan fingerprint density at radius 3 is 2.83 bits per heavy atom. The number of hydrogen-bond acceptors (Lipinski definition) is 2. The quantitative estimate of drug-likeness (QED) is 0.737. The van der Waals surface area contributed by atoms with E-state index >= 15 is 0 Å². The van der Waals surface area contributed by atoms with Crippen molar-refractivity contribution in [2.24, 2.45) is 0 Å². The van der Waals surface area contributed by atoms with Gasteiger partial charge in [0.05, 0.1) is 18.3 Å². The number of hydrogen-bond donors (Lipinski definition) is 1. The van der Waals surface area contributed by atoms with Gasteiger partial charge >= 0.3 is 0 Å². The summed E-state index contributed by atoms with van der Waals surface area (Å²) in [7, 11) is 0. The topological polar surface area (TPSA) is 43.8 Å². The Hall–Kier alpha value is -1.81. The van der Waals surface area contributed by atoms with Crippen molar-refractivity contribution < 1.29 is 0 Å². The Balaban J connectivity index is 2.01. The van der Waals surface area contributed by atoms with Crippen molar-refractivity contribution in [2.75, 3.05) is 5.73 Å². The zero-order chi connectivity index (χ0) is 12.5. The minimum Gasteiger partial charge on any atom is -0.398 e. The molecule has 0 bridgehead atoms. The highest BCUT2D eigenvalue weighted by molar-refractivity contribution is 9.10. The van der Waals surface area contributed by atoms with Crippen molar-refractivity contribution in [3.05, 3.63) is 58.7 Å². The van der Waals surface area contributed by atoms with Crippen LogP contribution in [0.5, 0.6) is 0 Å². The van der Waals surface area contributed by atoms with Gasteiger partial charge in [0.15, 0.2) is 0 Å². The van der Waals surface area contributed by atoms with Crippen LogP contribution >= 0.6 is 15.9 Å². The molecule has 0 aliphatic heterocycles. The van der Waals surface area contributed by atoms with E-state index in [2.05, 4.69) is 33.2 Å². The van der Waals surface area contributed by atoms with Crippen LogP contribution in [0.4, 0.5) is 5.69 Å². The Kier molecular flexibility index (Phi) is 2.80. The molecule has 0 saturated carbocycles. The molecule has 2 N–H and O–H groups in total. The van der Waals surface area contributed by atoms with E-state index in [0.29, 0.717) is 6.54 Å². The van der Waals surface area contributed by atoms with Crippen molar-refractivity contribution in [2.45, 2.75) is 6.54 Å². The lowest BCUT2D eigenvalue weighted by Crippen LogP contribution is -2.04. The lowest BCUT2D eigenvalue weighted by molar-refractivity contribution is 0.713. The summed E-state index contributed by atoms with van der Waals surface area (Å²) < 4.78 is 2.96. The van der Waals surface area contributed by atoms with E-state index in [-0.39, 0.29) is 0 Å². The zero-order valence-electron chi connectivity index (χ0n) is 9.68. The van der Waals surface area contributed by atoms with Gasteiger partial charge in [-0.1, -0.05) is 40.2 Å². The van der Waals surface area contributed by atoms with Crippen molar-refractivity contribution >= 4 is 32.5 Å². The first kappa shape index (κ1) is 11.3. The van der Waals surface area contributed by atoms with Crippen LogP contribution in [0.15, 0.2) is 53.1 Å². The van der Waals surface area contributed by atoms with Gasteiger partial charge in [0.2, 0.25) is 0 Å². The maximum Gasteiger partial charge on any atom is 0.0686 e. The Morgan fingerprint density at radius 1 is 1.17 bits per heavy atom. The summed E-state index contributed by atoms with van der Waals surface area (Å²) in [6.45, 7) is 0.687. The van der Waals surface area contributed by atoms with Gasteiger partial charge in [-0.2, -0.15) is 5.10 Å². The third kappa shape index (κ3) is 1.99. The molecule has 0 saturated heterocycles. The largest absolute Gasteiger partial charge is 0.398 e. The maximum absolute atomic E-state index is 6.01. The summed E-state index contributed by atoms with van der Waals surface area (Å²) in [5, 5.41) is 5.55. The first-order valence-corrected chi connectivity index (χ1v) is 6.48. The normalized spacial score (nSPS) is 10.9. The van der Waals surface area contributed by atoms with Crippen LogP contribution in [0.25, 0.3) is 10.9 Å². The molecule has 3 aromatic rings. The third-order valence-electron chi connectivity index (χ3n) is 2.98. The minimum absolute atomic E-state index is 0.687. The highest BCUT2D eigenvalue weighted by Crippen LogP contribution is 2.21. The van der Waals surface area contributed by atoms with Crippen LogP contribution < -0.4 is 5.73 Å². The number of benzene rings is 2. The fourth-order valence-electron chi connectivity index (χ4n) is 2.02. The molecule has 0 radical (unpaired) electrons. The Bertz CT molecular complexity index is 703. The molecule has 1 heterocycles. The van der Waals surface area contributed by atoms with Crippen LogP contribution in [0.1, 0.15) is 5.56 Å². The van der Waals surface area contributed by atoms with E-state index in [4.69, 9.17) is 5.73 Å². The van der Waals surface area contributed by atoms with Crippen LogP contribution in [-0.4, -0.2) is 9.78 Å². The molecule has 0 aliphatic carbocycles. The van der Waals surface area contributed by atoms with E-state index < -0.39 is 0 Å². The van der Waals surface area contributed by atoms with Gasteiger partial charge in [-0.25, -0.2) is 0 Å². The molecule has 1 aromatic heterocycles. The summed E-state index contributed by atoms with van der Waals surface area (Å²) in [6.07, 6.45) is 1.88. The predicted octanol–water partition coefficient (Wildman–Crippen LogP) is 3.43. The second-order valence-corrected chi connectivity index (χ2v) is 5.12. The number of nitrogens with zero attached hydrogens (tertiary/aromatic N) is 2. The van der Waals surface area contributed by atoms with E-state index in [9.17, 15) is 0 Å². The van der Waals surface area contributed by atoms with Gasteiger partial charge in [0, 0.05) is 15.5 Å². The van der Waals surface area contributed by atoms with Crippen molar-refractivity contribution in [1.82, 2.24) is 9.78 Å². The van der Waals surface area contributed by atoms with Gasteiger partial charge in [0.1, 0.15) is 0 Å². The highest BCUT2D eigenvalue weighted by atomic mass is 79.9. The predicted molar refractivity (Wildman–Crippen MR) is 77.4 cm³/mol. The van der Waals surface area contributed by atoms with E-state index in [0.717, 1.165) is 26.6 Å². The average molecular weight is 302 g/mol. The summed E-state index contributed by atoms with van der Waals surface area (Å²) in [5.41, 5.74) is 8.99. The molecule has 90 valence electrons. The molecule has 0 amide bonds. The molecule has 0 spiro atoms. The molecular weight excluding hydrogens is 290 g/mol. The van der Waals surface area contributed by atoms with E-state index in [1.54, 1.807) is 0 Å².